The van der Waals surface area contributed by atoms with Gasteiger partial charge in [0.05, 0.1) is 11.2 Å². The zero-order chi connectivity index (χ0) is 10.1. The predicted octanol–water partition coefficient (Wildman–Crippen LogP) is 1.37. The number of hydrogen-bond donors (Lipinski definition) is 1. The van der Waals surface area contributed by atoms with Crippen LogP contribution < -0.4 is 5.73 Å². The molecule has 2 heterocycles. The number of thiazole rings is 1. The van der Waals surface area contributed by atoms with Crippen LogP contribution in [0, 0.1) is 6.92 Å². The molecular formula is C10H17N3S. The SMILES string of the molecule is Cc1ncsc1CN1CCC(N)C1C. The molecule has 0 aliphatic carbocycles. The van der Waals surface area contributed by atoms with E-state index in [-0.39, 0.29) is 0 Å². The van der Waals surface area contributed by atoms with Crippen LogP contribution in [-0.4, -0.2) is 28.5 Å². The summed E-state index contributed by atoms with van der Waals surface area (Å²) < 4.78 is 0. The highest BCUT2D eigenvalue weighted by Gasteiger charge is 2.28. The summed E-state index contributed by atoms with van der Waals surface area (Å²) in [6.45, 7) is 6.44. The highest BCUT2D eigenvalue weighted by Crippen LogP contribution is 2.22. The fourth-order valence-electron chi connectivity index (χ4n) is 1.92. The molecule has 0 bridgehead atoms. The van der Waals surface area contributed by atoms with Crippen molar-refractivity contribution in [3.05, 3.63) is 16.1 Å². The molecule has 1 saturated heterocycles. The number of nitrogens with two attached hydrogens (primary N) is 1. The molecule has 0 saturated carbocycles. The third-order valence-electron chi connectivity index (χ3n) is 3.14. The highest BCUT2D eigenvalue weighted by molar-refractivity contribution is 7.09. The average Bonchev–Trinajstić information content (AvgIpc) is 2.68. The van der Waals surface area contributed by atoms with Crippen LogP contribution in [-0.2, 0) is 6.54 Å². The minimum Gasteiger partial charge on any atom is -0.326 e. The number of rotatable bonds is 2. The molecule has 0 aromatic carbocycles. The Morgan fingerprint density at radius 2 is 2.50 bits per heavy atom. The third kappa shape index (κ3) is 1.82. The quantitative estimate of drug-likeness (QED) is 0.803. The Kier molecular flexibility index (Phi) is 2.85. The zero-order valence-electron chi connectivity index (χ0n) is 8.73. The van der Waals surface area contributed by atoms with Crippen LogP contribution in [0.5, 0.6) is 0 Å². The second-order valence-corrected chi connectivity index (χ2v) is 4.96. The molecule has 1 aliphatic rings. The summed E-state index contributed by atoms with van der Waals surface area (Å²) in [5, 5.41) is 0. The Morgan fingerprint density at radius 3 is 3.00 bits per heavy atom. The van der Waals surface area contributed by atoms with Crippen LogP contribution in [0.25, 0.3) is 0 Å². The molecule has 1 aliphatic heterocycles. The lowest BCUT2D eigenvalue weighted by molar-refractivity contribution is 0.253. The van der Waals surface area contributed by atoms with Gasteiger partial charge >= 0.3 is 0 Å². The fourth-order valence-corrected chi connectivity index (χ4v) is 2.72. The molecule has 0 spiro atoms. The van der Waals surface area contributed by atoms with E-state index in [0.717, 1.165) is 19.5 Å². The summed E-state index contributed by atoms with van der Waals surface area (Å²) in [6, 6.07) is 0.861. The second kappa shape index (κ2) is 3.96. The Bertz CT molecular complexity index is 310. The van der Waals surface area contributed by atoms with Gasteiger partial charge in [-0.25, -0.2) is 4.98 Å². The van der Waals surface area contributed by atoms with E-state index in [1.807, 2.05) is 5.51 Å². The maximum absolute atomic E-state index is 5.98. The summed E-state index contributed by atoms with van der Waals surface area (Å²) in [5.41, 5.74) is 9.07. The molecule has 3 nitrogen and oxygen atoms in total. The zero-order valence-corrected chi connectivity index (χ0v) is 9.55. The number of hydrogen-bond acceptors (Lipinski definition) is 4. The summed E-state index contributed by atoms with van der Waals surface area (Å²) >= 11 is 1.75. The number of nitrogens with zero attached hydrogens (tertiary/aromatic N) is 2. The van der Waals surface area contributed by atoms with E-state index in [2.05, 4.69) is 23.7 Å². The molecule has 0 radical (unpaired) electrons. The van der Waals surface area contributed by atoms with Crippen molar-refractivity contribution in [2.24, 2.45) is 5.73 Å². The lowest BCUT2D eigenvalue weighted by atomic mass is 10.2. The molecule has 1 aromatic rings. The van der Waals surface area contributed by atoms with Gasteiger partial charge in [-0.05, 0) is 20.3 Å². The Labute approximate surface area is 88.9 Å². The van der Waals surface area contributed by atoms with Gasteiger partial charge in [0.15, 0.2) is 0 Å². The highest BCUT2D eigenvalue weighted by atomic mass is 32.1. The lowest BCUT2D eigenvalue weighted by Gasteiger charge is -2.22. The van der Waals surface area contributed by atoms with Crippen LogP contribution in [0.1, 0.15) is 23.9 Å². The van der Waals surface area contributed by atoms with Crippen LogP contribution in [0.2, 0.25) is 0 Å². The van der Waals surface area contributed by atoms with Crippen LogP contribution in [0.3, 0.4) is 0 Å². The van der Waals surface area contributed by atoms with E-state index in [4.69, 9.17) is 5.73 Å². The molecule has 2 N–H and O–H groups in total. The molecule has 1 fully saturated rings. The van der Waals surface area contributed by atoms with Crippen LogP contribution in [0.4, 0.5) is 0 Å². The van der Waals surface area contributed by atoms with E-state index in [0.29, 0.717) is 12.1 Å². The van der Waals surface area contributed by atoms with Crippen LogP contribution in [0.15, 0.2) is 5.51 Å². The molecule has 78 valence electrons. The van der Waals surface area contributed by atoms with Crippen molar-refractivity contribution in [1.82, 2.24) is 9.88 Å². The van der Waals surface area contributed by atoms with Gasteiger partial charge in [0.1, 0.15) is 0 Å². The van der Waals surface area contributed by atoms with Gasteiger partial charge in [0.25, 0.3) is 0 Å². The third-order valence-corrected chi connectivity index (χ3v) is 4.06. The number of likely N-dealkylation sites (tertiary alicyclic amines) is 1. The summed E-state index contributed by atoms with van der Waals surface area (Å²) in [6.07, 6.45) is 1.12. The topological polar surface area (TPSA) is 42.2 Å². The first kappa shape index (κ1) is 10.1. The Balaban J connectivity index is 2.02. The van der Waals surface area contributed by atoms with Crippen molar-refractivity contribution in [3.63, 3.8) is 0 Å². The smallest absolute Gasteiger partial charge is 0.0798 e. The van der Waals surface area contributed by atoms with E-state index >= 15 is 0 Å². The van der Waals surface area contributed by atoms with Gasteiger partial charge in [-0.15, -0.1) is 11.3 Å². The molecule has 2 unspecified atom stereocenters. The summed E-state index contributed by atoms with van der Waals surface area (Å²) in [7, 11) is 0. The Morgan fingerprint density at radius 1 is 1.71 bits per heavy atom. The van der Waals surface area contributed by atoms with Gasteiger partial charge in [-0.2, -0.15) is 0 Å². The maximum Gasteiger partial charge on any atom is 0.0798 e. The summed E-state index contributed by atoms with van der Waals surface area (Å²) in [4.78, 5) is 8.09. The molecule has 1 aromatic heterocycles. The standard InChI is InChI=1S/C10H17N3S/c1-7-10(14-6-12-7)5-13-4-3-9(11)8(13)2/h6,8-9H,3-5,11H2,1-2H3. The predicted molar refractivity (Wildman–Crippen MR) is 59.3 cm³/mol. The molecule has 0 amide bonds. The molecule has 4 heteroatoms. The lowest BCUT2D eigenvalue weighted by Crippen LogP contribution is -2.36. The molecule has 14 heavy (non-hydrogen) atoms. The molecule has 2 rings (SSSR count). The van der Waals surface area contributed by atoms with Crippen molar-refractivity contribution in [3.8, 4) is 0 Å². The number of aryl methyl sites for hydroxylation is 1. The average molecular weight is 211 g/mol. The van der Waals surface area contributed by atoms with Crippen LogP contribution >= 0.6 is 11.3 Å². The minimum atomic E-state index is 0.350. The van der Waals surface area contributed by atoms with Crippen molar-refractivity contribution < 1.29 is 0 Å². The minimum absolute atomic E-state index is 0.350. The maximum atomic E-state index is 5.98. The van der Waals surface area contributed by atoms with E-state index in [1.54, 1.807) is 11.3 Å². The van der Waals surface area contributed by atoms with Gasteiger partial charge in [0, 0.05) is 30.1 Å². The van der Waals surface area contributed by atoms with Gasteiger partial charge < -0.3 is 5.73 Å². The largest absolute Gasteiger partial charge is 0.326 e. The summed E-state index contributed by atoms with van der Waals surface area (Å²) in [5.74, 6) is 0. The van der Waals surface area contributed by atoms with Crippen molar-refractivity contribution >= 4 is 11.3 Å². The number of aromatic nitrogens is 1. The molecule has 2 atom stereocenters. The second-order valence-electron chi connectivity index (χ2n) is 4.02. The monoisotopic (exact) mass is 211 g/mol. The van der Waals surface area contributed by atoms with Crippen molar-refractivity contribution in [2.45, 2.75) is 38.9 Å². The van der Waals surface area contributed by atoms with Crippen molar-refractivity contribution in [2.75, 3.05) is 6.54 Å². The molecular weight excluding hydrogens is 194 g/mol. The first-order chi connectivity index (χ1) is 6.68. The first-order valence-corrected chi connectivity index (χ1v) is 5.95. The fraction of sp³-hybridized carbons (Fsp3) is 0.700. The van der Waals surface area contributed by atoms with Gasteiger partial charge in [-0.1, -0.05) is 0 Å². The Hall–Kier alpha value is -0.450. The van der Waals surface area contributed by atoms with Crippen molar-refractivity contribution in [1.29, 1.82) is 0 Å². The van der Waals surface area contributed by atoms with Gasteiger partial charge in [0.2, 0.25) is 0 Å². The first-order valence-electron chi connectivity index (χ1n) is 5.07. The van der Waals surface area contributed by atoms with E-state index in [1.165, 1.54) is 10.6 Å². The van der Waals surface area contributed by atoms with E-state index < -0.39 is 0 Å². The van der Waals surface area contributed by atoms with E-state index in [9.17, 15) is 0 Å². The van der Waals surface area contributed by atoms with Gasteiger partial charge in [-0.3, -0.25) is 4.90 Å². The normalized spacial score (nSPS) is 28.5.